The van der Waals surface area contributed by atoms with Crippen LogP contribution in [-0.2, 0) is 14.4 Å². The lowest BCUT2D eigenvalue weighted by Crippen LogP contribution is -2.60. The van der Waals surface area contributed by atoms with E-state index in [0.717, 1.165) is 94.5 Å². The van der Waals surface area contributed by atoms with Crippen LogP contribution in [0.2, 0.25) is 0 Å². The molecule has 8 aliphatic rings. The van der Waals surface area contributed by atoms with Crippen molar-refractivity contribution in [2.24, 2.45) is 98.6 Å². The Labute approximate surface area is 352 Å². The van der Waals surface area contributed by atoms with Crippen molar-refractivity contribution in [2.75, 3.05) is 0 Å². The van der Waals surface area contributed by atoms with Crippen LogP contribution in [0.25, 0.3) is 0 Å². The molecule has 0 spiro atoms. The molecule has 0 aromatic rings. The first-order valence-corrected chi connectivity index (χ1v) is 24.7. The molecule has 0 aliphatic heterocycles. The van der Waals surface area contributed by atoms with Crippen molar-refractivity contribution in [1.29, 1.82) is 0 Å². The van der Waals surface area contributed by atoms with Crippen LogP contribution in [0.3, 0.4) is 0 Å². The lowest BCUT2D eigenvalue weighted by Gasteiger charge is -2.62. The van der Waals surface area contributed by atoms with Crippen molar-refractivity contribution in [3.05, 3.63) is 11.6 Å². The minimum Gasteiger partial charge on any atom is -0.481 e. The average Bonchev–Trinajstić information content (AvgIpc) is 3.73. The third-order valence-electron chi connectivity index (χ3n) is 20.9. The van der Waals surface area contributed by atoms with Gasteiger partial charge in [0.25, 0.3) is 0 Å². The Kier molecular flexibility index (Phi) is 12.8. The number of rotatable bonds is 8. The first-order chi connectivity index (χ1) is 27.4. The SMILES string of the molecule is CC=C1C(=O)C2C3CC[C@H]([C@H](C)CCC(=O)O)[C@@]3(C)CCC2[C@@]2(C)CC[C@@H](O)C[C@@H]12.CCC[C@@H](C)[C@H]1CCC2C3C(=O)[C@H](CC)[C@@H]4C[C@H](O)CC[C@]4(C)C3CC[C@@]21C. The van der Waals surface area contributed by atoms with Crippen molar-refractivity contribution in [1.82, 2.24) is 0 Å². The zero-order valence-corrected chi connectivity index (χ0v) is 38.2. The fourth-order valence-electron chi connectivity index (χ4n) is 18.0. The molecule has 328 valence electrons. The fourth-order valence-corrected chi connectivity index (χ4v) is 18.0. The van der Waals surface area contributed by atoms with Crippen molar-refractivity contribution in [2.45, 2.75) is 197 Å². The van der Waals surface area contributed by atoms with Crippen LogP contribution in [0.15, 0.2) is 11.6 Å². The summed E-state index contributed by atoms with van der Waals surface area (Å²) in [5, 5.41) is 29.9. The van der Waals surface area contributed by atoms with Gasteiger partial charge in [-0.1, -0.05) is 74.3 Å². The summed E-state index contributed by atoms with van der Waals surface area (Å²) in [7, 11) is 0. The van der Waals surface area contributed by atoms with Gasteiger partial charge in [-0.25, -0.2) is 0 Å². The smallest absolute Gasteiger partial charge is 0.303 e. The maximum absolute atomic E-state index is 13.9. The molecular weight excluding hydrogens is 721 g/mol. The van der Waals surface area contributed by atoms with E-state index >= 15 is 0 Å². The zero-order chi connectivity index (χ0) is 42.1. The third kappa shape index (κ3) is 7.06. The number of carboxylic acids is 1. The van der Waals surface area contributed by atoms with Crippen LogP contribution >= 0.6 is 0 Å². The van der Waals surface area contributed by atoms with E-state index in [4.69, 9.17) is 5.11 Å². The average molecular weight is 805 g/mol. The molecule has 6 heteroatoms. The van der Waals surface area contributed by atoms with E-state index in [2.05, 4.69) is 55.4 Å². The molecular formula is C52H84O6. The first kappa shape index (κ1) is 44.5. The minimum absolute atomic E-state index is 0.114. The molecule has 0 aromatic carbocycles. The molecule has 8 rings (SSSR count). The highest BCUT2D eigenvalue weighted by Gasteiger charge is 2.66. The van der Waals surface area contributed by atoms with Gasteiger partial charge in [0.2, 0.25) is 0 Å². The Morgan fingerprint density at radius 3 is 1.72 bits per heavy atom. The van der Waals surface area contributed by atoms with Crippen molar-refractivity contribution in [3.8, 4) is 0 Å². The molecule has 0 heterocycles. The van der Waals surface area contributed by atoms with Gasteiger partial charge < -0.3 is 15.3 Å². The van der Waals surface area contributed by atoms with Crippen molar-refractivity contribution < 1.29 is 29.7 Å². The monoisotopic (exact) mass is 805 g/mol. The second-order valence-electron chi connectivity index (χ2n) is 23.2. The standard InChI is InChI=1S/C26H40O4.C26H44O2/c1-5-17-21-14-16(27)10-12-26(21,4)20-11-13-25(3)18(15(2)6-9-22(28)29)7-8-19(25)23(20)24(17)30;1-6-8-16(3)19-9-10-20-23-21(12-14-25(19,20)4)26(5)13-11-17(27)15-22(26)18(7-2)24(23)28/h5,15-16,18-21,23,27H,6-14H2,1-4H3,(H,28,29);16-23,27H,6-15H2,1-5H3/t15-,16-,18-,19?,20?,21+,23?,25-,26-;16-,17-,18-,19-,20?,21?,22+,23?,25-,26-/m11/s1. The highest BCUT2D eigenvalue weighted by Crippen LogP contribution is 2.70. The predicted octanol–water partition coefficient (Wildman–Crippen LogP) is 11.5. The molecule has 58 heavy (non-hydrogen) atoms. The summed E-state index contributed by atoms with van der Waals surface area (Å²) < 4.78 is 0. The van der Waals surface area contributed by atoms with E-state index < -0.39 is 5.97 Å². The Bertz CT molecular complexity index is 1570. The molecule has 8 aliphatic carbocycles. The Hall–Kier alpha value is -1.53. The van der Waals surface area contributed by atoms with Gasteiger partial charge in [0.1, 0.15) is 5.78 Å². The molecule has 0 amide bonds. The van der Waals surface area contributed by atoms with Crippen LogP contribution in [0.1, 0.15) is 184 Å². The number of allylic oxidation sites excluding steroid dienone is 2. The van der Waals surface area contributed by atoms with Gasteiger partial charge in [-0.15, -0.1) is 0 Å². The molecule has 19 atom stereocenters. The van der Waals surface area contributed by atoms with E-state index in [1.54, 1.807) is 0 Å². The number of hydrogen-bond donors (Lipinski definition) is 3. The normalized spacial score (nSPS) is 49.9. The lowest BCUT2D eigenvalue weighted by atomic mass is 9.42. The number of aliphatic hydroxyl groups excluding tert-OH is 2. The van der Waals surface area contributed by atoms with E-state index in [1.807, 2.05) is 13.0 Å². The molecule has 0 saturated heterocycles. The predicted molar refractivity (Wildman–Crippen MR) is 232 cm³/mol. The van der Waals surface area contributed by atoms with Gasteiger partial charge in [0, 0.05) is 24.2 Å². The first-order valence-electron chi connectivity index (χ1n) is 24.7. The highest BCUT2D eigenvalue weighted by atomic mass is 16.4. The molecule has 8 saturated carbocycles. The molecule has 0 bridgehead atoms. The van der Waals surface area contributed by atoms with Crippen molar-refractivity contribution in [3.63, 3.8) is 0 Å². The summed E-state index contributed by atoms with van der Waals surface area (Å²) >= 11 is 0. The number of aliphatic hydroxyl groups is 2. The highest BCUT2D eigenvalue weighted by molar-refractivity contribution is 5.99. The summed E-state index contributed by atoms with van der Waals surface area (Å²) in [4.78, 5) is 38.8. The van der Waals surface area contributed by atoms with Crippen LogP contribution in [0.4, 0.5) is 0 Å². The van der Waals surface area contributed by atoms with Crippen LogP contribution in [0.5, 0.6) is 0 Å². The van der Waals surface area contributed by atoms with Gasteiger partial charge in [-0.3, -0.25) is 14.4 Å². The Morgan fingerprint density at radius 1 is 0.672 bits per heavy atom. The topological polar surface area (TPSA) is 112 Å². The molecule has 3 N–H and O–H groups in total. The van der Waals surface area contributed by atoms with Gasteiger partial charge in [0.15, 0.2) is 5.78 Å². The number of hydrogen-bond acceptors (Lipinski definition) is 5. The molecule has 6 nitrogen and oxygen atoms in total. The van der Waals surface area contributed by atoms with Crippen LogP contribution < -0.4 is 0 Å². The van der Waals surface area contributed by atoms with E-state index in [1.165, 1.54) is 38.5 Å². The lowest BCUT2D eigenvalue weighted by molar-refractivity contribution is -0.173. The van der Waals surface area contributed by atoms with Crippen molar-refractivity contribution >= 4 is 17.5 Å². The second-order valence-corrected chi connectivity index (χ2v) is 23.2. The Morgan fingerprint density at radius 2 is 1.17 bits per heavy atom. The summed E-state index contributed by atoms with van der Waals surface area (Å²) in [5.41, 5.74) is 1.90. The quantitative estimate of drug-likeness (QED) is 0.211. The fraction of sp³-hybridized carbons (Fsp3) is 0.904. The van der Waals surface area contributed by atoms with Gasteiger partial charge >= 0.3 is 5.97 Å². The summed E-state index contributed by atoms with van der Waals surface area (Å²) in [6.45, 7) is 21.1. The third-order valence-corrected chi connectivity index (χ3v) is 20.9. The number of fused-ring (bicyclic) bond motifs is 10. The second kappa shape index (κ2) is 16.6. The number of carboxylic acid groups (broad SMARTS) is 1. The number of carbonyl (C=O) groups excluding carboxylic acids is 2. The number of Topliss-reactive ketones (excluding diaryl/α,β-unsaturated/α-hetero) is 2. The van der Waals surface area contributed by atoms with Gasteiger partial charge in [-0.2, -0.15) is 0 Å². The van der Waals surface area contributed by atoms with E-state index in [-0.39, 0.29) is 52.6 Å². The minimum atomic E-state index is -0.705. The molecule has 0 aromatic heterocycles. The largest absolute Gasteiger partial charge is 0.481 e. The van der Waals surface area contributed by atoms with E-state index in [0.29, 0.717) is 64.3 Å². The maximum Gasteiger partial charge on any atom is 0.303 e. The zero-order valence-electron chi connectivity index (χ0n) is 38.2. The van der Waals surface area contributed by atoms with Crippen LogP contribution in [-0.4, -0.2) is 45.1 Å². The molecule has 0 radical (unpaired) electrons. The Balaban J connectivity index is 0.000000177. The van der Waals surface area contributed by atoms with E-state index in [9.17, 15) is 24.6 Å². The number of carbonyl (C=O) groups is 3. The van der Waals surface area contributed by atoms with Gasteiger partial charge in [0.05, 0.1) is 12.2 Å². The van der Waals surface area contributed by atoms with Crippen LogP contribution in [0, 0.1) is 98.6 Å². The molecule has 8 fully saturated rings. The number of aliphatic carboxylic acids is 1. The molecule has 6 unspecified atom stereocenters. The van der Waals surface area contributed by atoms with Gasteiger partial charge in [-0.05, 0) is 196 Å². The summed E-state index contributed by atoms with van der Waals surface area (Å²) in [6, 6.07) is 0. The summed E-state index contributed by atoms with van der Waals surface area (Å²) in [5.74, 6) is 6.03. The number of ketones is 2. The maximum atomic E-state index is 13.9. The summed E-state index contributed by atoms with van der Waals surface area (Å²) in [6.07, 6.45) is 21.4.